The smallest absolute Gasteiger partial charge is 0.323 e. The fourth-order valence-electron chi connectivity index (χ4n) is 1.59. The van der Waals surface area contributed by atoms with Gasteiger partial charge in [0, 0.05) is 13.0 Å². The number of likely N-dealkylation sites (N-methyl/N-ethyl adjacent to an activating group) is 1. The van der Waals surface area contributed by atoms with Crippen LogP contribution in [0.15, 0.2) is 0 Å². The molecule has 14 heavy (non-hydrogen) atoms. The first kappa shape index (κ1) is 11.5. The molecule has 0 aromatic rings. The molecular weight excluding hydrogens is 182 g/mol. The standard InChI is InChI=1S/C10H19NO3/c1-7(2)6-14-10(13)9-4-8(12)5-11(9)3/h7-9,12H,4-6H2,1-3H3. The molecule has 0 aromatic carbocycles. The lowest BCUT2D eigenvalue weighted by atomic mass is 10.2. The second kappa shape index (κ2) is 4.75. The van der Waals surface area contributed by atoms with Crippen LogP contribution in [0.5, 0.6) is 0 Å². The van der Waals surface area contributed by atoms with Gasteiger partial charge in [-0.05, 0) is 13.0 Å². The molecule has 1 rings (SSSR count). The van der Waals surface area contributed by atoms with Crippen LogP contribution in [-0.4, -0.2) is 48.3 Å². The first-order valence-corrected chi connectivity index (χ1v) is 5.05. The maximum Gasteiger partial charge on any atom is 0.323 e. The van der Waals surface area contributed by atoms with E-state index < -0.39 is 6.10 Å². The minimum atomic E-state index is -0.392. The molecule has 2 atom stereocenters. The summed E-state index contributed by atoms with van der Waals surface area (Å²) in [6.07, 6.45) is 0.101. The number of aliphatic hydroxyl groups is 1. The van der Waals surface area contributed by atoms with Crippen molar-refractivity contribution in [1.82, 2.24) is 4.90 Å². The maximum absolute atomic E-state index is 11.5. The average molecular weight is 201 g/mol. The average Bonchev–Trinajstić information content (AvgIpc) is 2.41. The lowest BCUT2D eigenvalue weighted by Gasteiger charge is -2.17. The lowest BCUT2D eigenvalue weighted by Crippen LogP contribution is -2.34. The van der Waals surface area contributed by atoms with Gasteiger partial charge in [-0.25, -0.2) is 0 Å². The Balaban J connectivity index is 2.37. The molecule has 4 nitrogen and oxygen atoms in total. The highest BCUT2D eigenvalue weighted by Gasteiger charge is 2.34. The minimum Gasteiger partial charge on any atom is -0.464 e. The van der Waals surface area contributed by atoms with Crippen LogP contribution in [0.25, 0.3) is 0 Å². The zero-order valence-corrected chi connectivity index (χ0v) is 9.06. The molecule has 0 aliphatic carbocycles. The molecule has 0 amide bonds. The first-order valence-electron chi connectivity index (χ1n) is 5.05. The SMILES string of the molecule is CC(C)COC(=O)C1CC(O)CN1C. The zero-order valence-electron chi connectivity index (χ0n) is 9.06. The van der Waals surface area contributed by atoms with E-state index in [0.29, 0.717) is 25.5 Å². The molecule has 82 valence electrons. The van der Waals surface area contributed by atoms with E-state index in [1.54, 1.807) is 0 Å². The Bertz CT molecular complexity index is 206. The van der Waals surface area contributed by atoms with Crippen molar-refractivity contribution in [3.8, 4) is 0 Å². The monoisotopic (exact) mass is 201 g/mol. The number of carbonyl (C=O) groups is 1. The van der Waals surface area contributed by atoms with Gasteiger partial charge < -0.3 is 9.84 Å². The Kier molecular flexibility index (Phi) is 3.89. The highest BCUT2D eigenvalue weighted by Crippen LogP contribution is 2.16. The molecule has 0 spiro atoms. The predicted octanol–water partition coefficient (Wildman–Crippen LogP) is 0.251. The molecule has 0 bridgehead atoms. The first-order chi connectivity index (χ1) is 6.50. The lowest BCUT2D eigenvalue weighted by molar-refractivity contribution is -0.149. The Morgan fingerprint density at radius 3 is 2.71 bits per heavy atom. The van der Waals surface area contributed by atoms with Crippen LogP contribution in [0, 0.1) is 5.92 Å². The van der Waals surface area contributed by atoms with Crippen molar-refractivity contribution >= 4 is 5.97 Å². The normalized spacial score (nSPS) is 28.4. The number of rotatable bonds is 3. The van der Waals surface area contributed by atoms with Crippen LogP contribution in [-0.2, 0) is 9.53 Å². The summed E-state index contributed by atoms with van der Waals surface area (Å²) in [6, 6.07) is -0.260. The van der Waals surface area contributed by atoms with Crippen molar-refractivity contribution < 1.29 is 14.6 Å². The molecule has 1 aliphatic heterocycles. The number of aliphatic hydroxyl groups excluding tert-OH is 1. The Morgan fingerprint density at radius 2 is 2.29 bits per heavy atom. The summed E-state index contributed by atoms with van der Waals surface area (Å²) in [6.45, 7) is 5.02. The van der Waals surface area contributed by atoms with Gasteiger partial charge in [0.05, 0.1) is 12.7 Å². The van der Waals surface area contributed by atoms with Gasteiger partial charge >= 0.3 is 5.97 Å². The van der Waals surface area contributed by atoms with Gasteiger partial charge in [-0.2, -0.15) is 0 Å². The molecule has 0 radical (unpaired) electrons. The highest BCUT2D eigenvalue weighted by atomic mass is 16.5. The Labute approximate surface area is 84.8 Å². The number of likely N-dealkylation sites (tertiary alicyclic amines) is 1. The van der Waals surface area contributed by atoms with E-state index in [2.05, 4.69) is 0 Å². The quantitative estimate of drug-likeness (QED) is 0.665. The summed E-state index contributed by atoms with van der Waals surface area (Å²) in [4.78, 5) is 13.4. The largest absolute Gasteiger partial charge is 0.464 e. The molecular formula is C10H19NO3. The molecule has 1 aliphatic rings. The summed E-state index contributed by atoms with van der Waals surface area (Å²) >= 11 is 0. The van der Waals surface area contributed by atoms with Crippen LogP contribution in [0.3, 0.4) is 0 Å². The van der Waals surface area contributed by atoms with Gasteiger partial charge in [0.25, 0.3) is 0 Å². The Hall–Kier alpha value is -0.610. The van der Waals surface area contributed by atoms with E-state index >= 15 is 0 Å². The van der Waals surface area contributed by atoms with Gasteiger partial charge in [0.1, 0.15) is 6.04 Å². The number of carbonyl (C=O) groups excluding carboxylic acids is 1. The molecule has 1 fully saturated rings. The van der Waals surface area contributed by atoms with Crippen LogP contribution < -0.4 is 0 Å². The number of esters is 1. The fraction of sp³-hybridized carbons (Fsp3) is 0.900. The molecule has 1 heterocycles. The van der Waals surface area contributed by atoms with Crippen LogP contribution in [0.2, 0.25) is 0 Å². The molecule has 1 saturated heterocycles. The van der Waals surface area contributed by atoms with Gasteiger partial charge in [-0.3, -0.25) is 9.69 Å². The third-order valence-electron chi connectivity index (χ3n) is 2.36. The predicted molar refractivity (Wildman–Crippen MR) is 52.8 cm³/mol. The Morgan fingerprint density at radius 1 is 1.64 bits per heavy atom. The molecule has 2 unspecified atom stereocenters. The van der Waals surface area contributed by atoms with E-state index in [-0.39, 0.29) is 12.0 Å². The maximum atomic E-state index is 11.5. The summed E-state index contributed by atoms with van der Waals surface area (Å²) in [5.74, 6) is 0.147. The van der Waals surface area contributed by atoms with Crippen LogP contribution in [0.1, 0.15) is 20.3 Å². The van der Waals surface area contributed by atoms with Gasteiger partial charge in [-0.15, -0.1) is 0 Å². The summed E-state index contributed by atoms with van der Waals surface area (Å²) in [5, 5.41) is 9.35. The van der Waals surface area contributed by atoms with Crippen LogP contribution in [0.4, 0.5) is 0 Å². The van der Waals surface area contributed by atoms with Gasteiger partial charge in [0.2, 0.25) is 0 Å². The fourth-order valence-corrected chi connectivity index (χ4v) is 1.59. The second-order valence-corrected chi connectivity index (χ2v) is 4.37. The zero-order chi connectivity index (χ0) is 10.7. The highest BCUT2D eigenvalue weighted by molar-refractivity contribution is 5.76. The molecule has 0 aromatic heterocycles. The van der Waals surface area contributed by atoms with Crippen molar-refractivity contribution in [2.45, 2.75) is 32.4 Å². The van der Waals surface area contributed by atoms with E-state index in [1.807, 2.05) is 25.8 Å². The molecule has 4 heteroatoms. The van der Waals surface area contributed by atoms with Gasteiger partial charge in [0.15, 0.2) is 0 Å². The number of ether oxygens (including phenoxy) is 1. The number of hydrogen-bond donors (Lipinski definition) is 1. The van der Waals surface area contributed by atoms with E-state index in [1.165, 1.54) is 0 Å². The number of nitrogens with zero attached hydrogens (tertiary/aromatic N) is 1. The summed E-state index contributed by atoms with van der Waals surface area (Å²) in [7, 11) is 1.83. The van der Waals surface area contributed by atoms with Crippen molar-refractivity contribution in [3.63, 3.8) is 0 Å². The summed E-state index contributed by atoms with van der Waals surface area (Å²) < 4.78 is 5.11. The van der Waals surface area contributed by atoms with Crippen molar-refractivity contribution in [2.75, 3.05) is 20.2 Å². The van der Waals surface area contributed by atoms with Gasteiger partial charge in [-0.1, -0.05) is 13.8 Å². The number of hydrogen-bond acceptors (Lipinski definition) is 4. The third-order valence-corrected chi connectivity index (χ3v) is 2.36. The van der Waals surface area contributed by atoms with Crippen molar-refractivity contribution in [3.05, 3.63) is 0 Å². The van der Waals surface area contributed by atoms with E-state index in [9.17, 15) is 9.90 Å². The van der Waals surface area contributed by atoms with Crippen molar-refractivity contribution in [1.29, 1.82) is 0 Å². The second-order valence-electron chi connectivity index (χ2n) is 4.37. The molecule has 0 saturated carbocycles. The topological polar surface area (TPSA) is 49.8 Å². The van der Waals surface area contributed by atoms with Crippen molar-refractivity contribution in [2.24, 2.45) is 5.92 Å². The minimum absolute atomic E-state index is 0.210. The van der Waals surface area contributed by atoms with E-state index in [0.717, 1.165) is 0 Å². The van der Waals surface area contributed by atoms with Crippen LogP contribution >= 0.6 is 0 Å². The third kappa shape index (κ3) is 2.96. The van der Waals surface area contributed by atoms with E-state index in [4.69, 9.17) is 4.74 Å². The summed E-state index contributed by atoms with van der Waals surface area (Å²) in [5.41, 5.74) is 0. The number of β-amino-alcohol motifs (C(OH)–C–C–N with tert-alkyl or cyclic N) is 1. The molecule has 1 N–H and O–H groups in total.